The van der Waals surface area contributed by atoms with Crippen molar-refractivity contribution in [3.05, 3.63) is 24.1 Å². The Hall–Kier alpha value is -2.55. The number of pyridine rings is 1. The SMILES string of the molecule is CCCCC(CC(=O)N1CC2(CC2)C[C@H]1C(=O)Nc1ncccc1F)CN(O)C=O. The van der Waals surface area contributed by atoms with Crippen LogP contribution in [0.25, 0.3) is 0 Å². The maximum atomic E-state index is 13.9. The number of anilines is 1. The first-order valence-electron chi connectivity index (χ1n) is 10.5. The highest BCUT2D eigenvalue weighted by atomic mass is 19.1. The maximum Gasteiger partial charge on any atom is 0.248 e. The van der Waals surface area contributed by atoms with Gasteiger partial charge in [0.05, 0.1) is 6.54 Å². The minimum Gasteiger partial charge on any atom is -0.330 e. The third-order valence-electron chi connectivity index (χ3n) is 6.08. The third kappa shape index (κ3) is 5.33. The Labute approximate surface area is 175 Å². The summed E-state index contributed by atoms with van der Waals surface area (Å²) >= 11 is 0. The fraction of sp³-hybridized carbons (Fsp3) is 0.619. The van der Waals surface area contributed by atoms with Gasteiger partial charge in [-0.25, -0.2) is 14.4 Å². The first kappa shape index (κ1) is 22.1. The van der Waals surface area contributed by atoms with Crippen molar-refractivity contribution in [2.45, 2.75) is 57.9 Å². The van der Waals surface area contributed by atoms with E-state index in [1.54, 1.807) is 4.90 Å². The molecule has 2 atom stereocenters. The van der Waals surface area contributed by atoms with Gasteiger partial charge in [-0.15, -0.1) is 0 Å². The second-order valence-corrected chi connectivity index (χ2v) is 8.50. The first-order valence-corrected chi connectivity index (χ1v) is 10.5. The zero-order valence-electron chi connectivity index (χ0n) is 17.2. The van der Waals surface area contributed by atoms with Crippen molar-refractivity contribution in [3.63, 3.8) is 0 Å². The molecule has 2 N–H and O–H groups in total. The molecule has 2 fully saturated rings. The number of nitrogens with one attached hydrogen (secondary N) is 1. The molecule has 1 aromatic heterocycles. The largest absolute Gasteiger partial charge is 0.330 e. The normalized spacial score (nSPS) is 20.1. The number of carbonyl (C=O) groups is 3. The number of hydrogen-bond donors (Lipinski definition) is 2. The number of nitrogens with zero attached hydrogens (tertiary/aromatic N) is 3. The summed E-state index contributed by atoms with van der Waals surface area (Å²) < 4.78 is 13.9. The molecule has 9 heteroatoms. The molecule has 2 aliphatic rings. The molecule has 3 rings (SSSR count). The van der Waals surface area contributed by atoms with E-state index in [4.69, 9.17) is 0 Å². The molecule has 1 saturated heterocycles. The molecule has 2 heterocycles. The second-order valence-electron chi connectivity index (χ2n) is 8.50. The van der Waals surface area contributed by atoms with Gasteiger partial charge in [0.15, 0.2) is 11.6 Å². The topological polar surface area (TPSA) is 103 Å². The zero-order chi connectivity index (χ0) is 21.7. The number of carbonyl (C=O) groups excluding carboxylic acids is 3. The van der Waals surface area contributed by atoms with Gasteiger partial charge in [0.25, 0.3) is 0 Å². The molecular weight excluding hydrogens is 391 g/mol. The van der Waals surface area contributed by atoms with Gasteiger partial charge in [0.1, 0.15) is 6.04 Å². The smallest absolute Gasteiger partial charge is 0.248 e. The fourth-order valence-electron chi connectivity index (χ4n) is 4.19. The van der Waals surface area contributed by atoms with E-state index in [9.17, 15) is 24.0 Å². The number of aromatic nitrogens is 1. The molecule has 1 aliphatic heterocycles. The van der Waals surface area contributed by atoms with Crippen LogP contribution in [-0.2, 0) is 14.4 Å². The van der Waals surface area contributed by atoms with Crippen molar-refractivity contribution in [1.82, 2.24) is 14.9 Å². The van der Waals surface area contributed by atoms with Crippen molar-refractivity contribution < 1.29 is 24.0 Å². The summed E-state index contributed by atoms with van der Waals surface area (Å²) in [7, 11) is 0. The van der Waals surface area contributed by atoms with E-state index in [1.165, 1.54) is 18.3 Å². The lowest BCUT2D eigenvalue weighted by molar-refractivity contribution is -0.154. The summed E-state index contributed by atoms with van der Waals surface area (Å²) in [5.41, 5.74) is -0.0228. The van der Waals surface area contributed by atoms with Gasteiger partial charge < -0.3 is 10.2 Å². The average molecular weight is 420 g/mol. The predicted octanol–water partition coefficient (Wildman–Crippen LogP) is 2.58. The molecule has 0 bridgehead atoms. The number of likely N-dealkylation sites (tertiary alicyclic amines) is 1. The van der Waals surface area contributed by atoms with Gasteiger partial charge in [-0.2, -0.15) is 0 Å². The van der Waals surface area contributed by atoms with Gasteiger partial charge in [-0.3, -0.25) is 19.6 Å². The lowest BCUT2D eigenvalue weighted by Crippen LogP contribution is -2.44. The van der Waals surface area contributed by atoms with Crippen LogP contribution in [0.2, 0.25) is 0 Å². The van der Waals surface area contributed by atoms with Crippen LogP contribution in [0.4, 0.5) is 10.2 Å². The van der Waals surface area contributed by atoms with E-state index < -0.39 is 17.8 Å². The summed E-state index contributed by atoms with van der Waals surface area (Å²) in [4.78, 5) is 42.2. The van der Waals surface area contributed by atoms with Crippen molar-refractivity contribution in [3.8, 4) is 0 Å². The van der Waals surface area contributed by atoms with Gasteiger partial charge in [0, 0.05) is 19.2 Å². The van der Waals surface area contributed by atoms with E-state index in [0.717, 1.165) is 25.7 Å². The van der Waals surface area contributed by atoms with Crippen LogP contribution in [0.15, 0.2) is 18.3 Å². The van der Waals surface area contributed by atoms with Crippen LogP contribution >= 0.6 is 0 Å². The van der Waals surface area contributed by atoms with Crippen molar-refractivity contribution >= 4 is 24.0 Å². The molecular formula is C21H29FN4O4. The zero-order valence-corrected chi connectivity index (χ0v) is 17.2. The molecule has 164 valence electrons. The number of hydrogen-bond acceptors (Lipinski definition) is 5. The Balaban J connectivity index is 1.69. The lowest BCUT2D eigenvalue weighted by Gasteiger charge is -2.27. The summed E-state index contributed by atoms with van der Waals surface area (Å²) in [6, 6.07) is 1.98. The Morgan fingerprint density at radius 1 is 1.50 bits per heavy atom. The first-order chi connectivity index (χ1) is 14.4. The third-order valence-corrected chi connectivity index (χ3v) is 6.08. The Morgan fingerprint density at radius 2 is 2.27 bits per heavy atom. The highest BCUT2D eigenvalue weighted by molar-refractivity contribution is 5.97. The molecule has 8 nitrogen and oxygen atoms in total. The summed E-state index contributed by atoms with van der Waals surface area (Å²) in [5, 5.41) is 12.6. The van der Waals surface area contributed by atoms with Crippen molar-refractivity contribution in [2.75, 3.05) is 18.4 Å². The Morgan fingerprint density at radius 3 is 2.90 bits per heavy atom. The fourth-order valence-corrected chi connectivity index (χ4v) is 4.19. The van der Waals surface area contributed by atoms with Crippen LogP contribution < -0.4 is 5.32 Å². The number of rotatable bonds is 10. The summed E-state index contributed by atoms with van der Waals surface area (Å²) in [6.07, 6.45) is 6.85. The minimum absolute atomic E-state index is 0.0228. The summed E-state index contributed by atoms with van der Waals surface area (Å²) in [5.74, 6) is -1.58. The Kier molecular flexibility index (Phi) is 7.02. The molecule has 0 radical (unpaired) electrons. The van der Waals surface area contributed by atoms with Crippen LogP contribution in [0, 0.1) is 17.2 Å². The van der Waals surface area contributed by atoms with Gasteiger partial charge >= 0.3 is 0 Å². The van der Waals surface area contributed by atoms with Gasteiger partial charge in [-0.1, -0.05) is 19.8 Å². The maximum absolute atomic E-state index is 13.9. The van der Waals surface area contributed by atoms with Crippen LogP contribution in [0.1, 0.15) is 51.9 Å². The predicted molar refractivity (Wildman–Crippen MR) is 107 cm³/mol. The van der Waals surface area contributed by atoms with Crippen LogP contribution in [0.5, 0.6) is 0 Å². The highest BCUT2D eigenvalue weighted by Crippen LogP contribution is 2.55. The molecule has 0 aromatic carbocycles. The van der Waals surface area contributed by atoms with E-state index in [-0.39, 0.29) is 36.0 Å². The molecule has 1 spiro atoms. The molecule has 1 aliphatic carbocycles. The standard InChI is InChI=1S/C21H29FN4O4/c1-2-3-5-15(12-25(30)14-27)10-18(28)26-13-21(7-8-21)11-17(26)20(29)24-19-16(22)6-4-9-23-19/h4,6,9,14-15,17,30H,2-3,5,7-8,10-13H2,1H3,(H,23,24,29)/t15?,17-/m0/s1. The van der Waals surface area contributed by atoms with Crippen molar-refractivity contribution in [2.24, 2.45) is 11.3 Å². The van der Waals surface area contributed by atoms with Crippen LogP contribution in [-0.4, -0.2) is 57.5 Å². The van der Waals surface area contributed by atoms with E-state index in [0.29, 0.717) is 30.9 Å². The van der Waals surface area contributed by atoms with Gasteiger partial charge in [0.2, 0.25) is 18.2 Å². The number of hydroxylamine groups is 2. The number of halogens is 1. The quantitative estimate of drug-likeness (QED) is 0.344. The van der Waals surface area contributed by atoms with Crippen molar-refractivity contribution in [1.29, 1.82) is 0 Å². The number of unbranched alkanes of at least 4 members (excludes halogenated alkanes) is 1. The molecule has 1 unspecified atom stereocenters. The summed E-state index contributed by atoms with van der Waals surface area (Å²) in [6.45, 7) is 2.61. The minimum atomic E-state index is -0.676. The monoisotopic (exact) mass is 420 g/mol. The second kappa shape index (κ2) is 9.51. The average Bonchev–Trinajstić information content (AvgIpc) is 3.37. The molecule has 1 saturated carbocycles. The van der Waals surface area contributed by atoms with E-state index >= 15 is 0 Å². The molecule has 30 heavy (non-hydrogen) atoms. The highest BCUT2D eigenvalue weighted by Gasteiger charge is 2.55. The van der Waals surface area contributed by atoms with Gasteiger partial charge in [-0.05, 0) is 49.1 Å². The van der Waals surface area contributed by atoms with Crippen LogP contribution in [0.3, 0.4) is 0 Å². The van der Waals surface area contributed by atoms with E-state index in [2.05, 4.69) is 10.3 Å². The number of amides is 3. The Bertz CT molecular complexity index is 786. The molecule has 3 amide bonds. The molecule has 1 aromatic rings. The lowest BCUT2D eigenvalue weighted by atomic mass is 9.97. The van der Waals surface area contributed by atoms with E-state index in [1.807, 2.05) is 6.92 Å².